The van der Waals surface area contributed by atoms with E-state index in [0.717, 1.165) is 19.3 Å². The van der Waals surface area contributed by atoms with Gasteiger partial charge in [-0.1, -0.05) is 19.3 Å². The van der Waals surface area contributed by atoms with Crippen molar-refractivity contribution in [3.63, 3.8) is 0 Å². The number of sulfonamides is 1. The Morgan fingerprint density at radius 3 is 2.29 bits per heavy atom. The van der Waals surface area contributed by atoms with Crippen LogP contribution in [-0.4, -0.2) is 30.8 Å². The zero-order valence-electron chi connectivity index (χ0n) is 9.76. The van der Waals surface area contributed by atoms with Gasteiger partial charge in [0.15, 0.2) is 0 Å². The number of carboxylic acids is 1. The van der Waals surface area contributed by atoms with Crippen molar-refractivity contribution >= 4 is 16.0 Å². The molecular weight excluding hydrogens is 242 g/mol. The summed E-state index contributed by atoms with van der Waals surface area (Å²) < 4.78 is 26.7. The molecule has 0 bridgehead atoms. The molecule has 2 saturated carbocycles. The molecule has 17 heavy (non-hydrogen) atoms. The first-order chi connectivity index (χ1) is 8.00. The maximum absolute atomic E-state index is 12.1. The summed E-state index contributed by atoms with van der Waals surface area (Å²) in [6, 6.07) is -0.405. The fraction of sp³-hybridized carbons (Fsp3) is 0.909. The molecule has 0 amide bonds. The van der Waals surface area contributed by atoms with Gasteiger partial charge in [-0.25, -0.2) is 13.1 Å². The van der Waals surface area contributed by atoms with Crippen molar-refractivity contribution < 1.29 is 18.3 Å². The van der Waals surface area contributed by atoms with E-state index in [-0.39, 0.29) is 5.25 Å². The Bertz CT molecular complexity index is 386. The molecule has 0 saturated heterocycles. The summed E-state index contributed by atoms with van der Waals surface area (Å²) in [7, 11) is -3.32. The van der Waals surface area contributed by atoms with Gasteiger partial charge in [0.25, 0.3) is 0 Å². The lowest BCUT2D eigenvalue weighted by molar-refractivity contribution is -0.141. The molecule has 2 atom stereocenters. The van der Waals surface area contributed by atoms with Gasteiger partial charge in [-0.05, 0) is 25.7 Å². The maximum atomic E-state index is 12.1. The Morgan fingerprint density at radius 2 is 1.71 bits per heavy atom. The molecule has 0 spiro atoms. The molecule has 0 aromatic rings. The van der Waals surface area contributed by atoms with Crippen LogP contribution in [0, 0.1) is 5.92 Å². The number of carbonyl (C=O) groups is 1. The summed E-state index contributed by atoms with van der Waals surface area (Å²) in [4.78, 5) is 11.0. The van der Waals surface area contributed by atoms with Crippen molar-refractivity contribution in [3.05, 3.63) is 0 Å². The predicted octanol–water partition coefficient (Wildman–Crippen LogP) is 1.10. The molecule has 98 valence electrons. The predicted molar refractivity (Wildman–Crippen MR) is 63.1 cm³/mol. The Hall–Kier alpha value is -0.620. The first-order valence-corrected chi connectivity index (χ1v) is 7.79. The lowest BCUT2D eigenvalue weighted by Crippen LogP contribution is -2.43. The van der Waals surface area contributed by atoms with E-state index in [9.17, 15) is 13.2 Å². The number of hydrogen-bond acceptors (Lipinski definition) is 3. The van der Waals surface area contributed by atoms with Gasteiger partial charge in [0.1, 0.15) is 0 Å². The number of carboxylic acid groups (broad SMARTS) is 1. The normalized spacial score (nSPS) is 30.8. The first kappa shape index (κ1) is 12.8. The van der Waals surface area contributed by atoms with Gasteiger partial charge in [0.05, 0.1) is 11.2 Å². The maximum Gasteiger partial charge on any atom is 0.308 e. The molecule has 2 fully saturated rings. The van der Waals surface area contributed by atoms with Crippen molar-refractivity contribution in [1.29, 1.82) is 0 Å². The molecule has 5 nitrogen and oxygen atoms in total. The van der Waals surface area contributed by atoms with Gasteiger partial charge >= 0.3 is 5.97 Å². The lowest BCUT2D eigenvalue weighted by Gasteiger charge is -2.20. The van der Waals surface area contributed by atoms with E-state index in [1.165, 1.54) is 0 Å². The standard InChI is InChI=1S/C11H19NO4S/c13-11(14)9-6-3-7-10(9)12-17(15,16)8-4-1-2-5-8/h8-10,12H,1-7H2,(H,13,14). The van der Waals surface area contributed by atoms with E-state index in [1.54, 1.807) is 0 Å². The second kappa shape index (κ2) is 4.94. The molecule has 2 aliphatic rings. The number of aliphatic carboxylic acids is 1. The smallest absolute Gasteiger partial charge is 0.308 e. The zero-order chi connectivity index (χ0) is 12.5. The van der Waals surface area contributed by atoms with Crippen LogP contribution >= 0.6 is 0 Å². The van der Waals surface area contributed by atoms with Gasteiger partial charge in [-0.2, -0.15) is 0 Å². The second-order valence-electron chi connectivity index (χ2n) is 5.05. The Balaban J connectivity index is 2.02. The third-order valence-electron chi connectivity index (χ3n) is 3.89. The van der Waals surface area contributed by atoms with Crippen LogP contribution in [-0.2, 0) is 14.8 Å². The highest BCUT2D eigenvalue weighted by atomic mass is 32.2. The largest absolute Gasteiger partial charge is 0.481 e. The van der Waals surface area contributed by atoms with Crippen LogP contribution in [0.15, 0.2) is 0 Å². The van der Waals surface area contributed by atoms with Crippen molar-refractivity contribution in [2.24, 2.45) is 5.92 Å². The molecular formula is C11H19NO4S. The van der Waals surface area contributed by atoms with Crippen LogP contribution in [0.3, 0.4) is 0 Å². The quantitative estimate of drug-likeness (QED) is 0.794. The summed E-state index contributed by atoms with van der Waals surface area (Å²) in [5.74, 6) is -1.44. The topological polar surface area (TPSA) is 83.5 Å². The molecule has 0 radical (unpaired) electrons. The van der Waals surface area contributed by atoms with E-state index >= 15 is 0 Å². The van der Waals surface area contributed by atoms with Crippen LogP contribution in [0.1, 0.15) is 44.9 Å². The fourth-order valence-corrected chi connectivity index (χ4v) is 4.75. The highest BCUT2D eigenvalue weighted by molar-refractivity contribution is 7.90. The van der Waals surface area contributed by atoms with E-state index < -0.39 is 28.0 Å². The van der Waals surface area contributed by atoms with Gasteiger partial charge in [0.2, 0.25) is 10.0 Å². The molecule has 0 heterocycles. The van der Waals surface area contributed by atoms with Crippen LogP contribution in [0.5, 0.6) is 0 Å². The third-order valence-corrected chi connectivity index (χ3v) is 5.87. The fourth-order valence-electron chi connectivity index (χ4n) is 2.90. The van der Waals surface area contributed by atoms with E-state index in [0.29, 0.717) is 25.7 Å². The second-order valence-corrected chi connectivity index (χ2v) is 7.04. The SMILES string of the molecule is O=C(O)C1CCCC1NS(=O)(=O)C1CCCC1. The molecule has 0 aliphatic heterocycles. The van der Waals surface area contributed by atoms with Crippen molar-refractivity contribution in [2.45, 2.75) is 56.2 Å². The molecule has 2 N–H and O–H groups in total. The zero-order valence-corrected chi connectivity index (χ0v) is 10.6. The minimum absolute atomic E-state index is 0.308. The van der Waals surface area contributed by atoms with E-state index in [1.807, 2.05) is 0 Å². The summed E-state index contributed by atoms with van der Waals surface area (Å²) in [5.41, 5.74) is 0. The lowest BCUT2D eigenvalue weighted by atomic mass is 10.1. The average molecular weight is 261 g/mol. The van der Waals surface area contributed by atoms with Gasteiger partial charge in [-0.15, -0.1) is 0 Å². The Labute approximate surface area is 102 Å². The summed E-state index contributed by atoms with van der Waals surface area (Å²) in [6.45, 7) is 0. The Morgan fingerprint density at radius 1 is 1.06 bits per heavy atom. The van der Waals surface area contributed by atoms with Crippen molar-refractivity contribution in [2.75, 3.05) is 0 Å². The Kier molecular flexibility index (Phi) is 3.73. The minimum atomic E-state index is -3.32. The molecule has 0 aromatic heterocycles. The molecule has 2 unspecified atom stereocenters. The number of hydrogen-bond donors (Lipinski definition) is 2. The molecule has 2 rings (SSSR count). The summed E-state index contributed by atoms with van der Waals surface area (Å²) >= 11 is 0. The number of nitrogens with one attached hydrogen (secondary N) is 1. The molecule has 6 heteroatoms. The van der Waals surface area contributed by atoms with Crippen molar-refractivity contribution in [1.82, 2.24) is 4.72 Å². The summed E-state index contributed by atoms with van der Waals surface area (Å²) in [6.07, 6.45) is 5.34. The molecule has 2 aliphatic carbocycles. The minimum Gasteiger partial charge on any atom is -0.481 e. The van der Waals surface area contributed by atoms with Crippen LogP contribution in [0.25, 0.3) is 0 Å². The van der Waals surface area contributed by atoms with Gasteiger partial charge < -0.3 is 5.11 Å². The van der Waals surface area contributed by atoms with Crippen LogP contribution in [0.2, 0.25) is 0 Å². The average Bonchev–Trinajstić information content (AvgIpc) is 2.85. The monoisotopic (exact) mass is 261 g/mol. The van der Waals surface area contributed by atoms with Crippen LogP contribution in [0.4, 0.5) is 0 Å². The van der Waals surface area contributed by atoms with Gasteiger partial charge in [0, 0.05) is 6.04 Å². The highest BCUT2D eigenvalue weighted by Gasteiger charge is 2.38. The summed E-state index contributed by atoms with van der Waals surface area (Å²) in [5, 5.41) is 8.70. The highest BCUT2D eigenvalue weighted by Crippen LogP contribution is 2.29. The van der Waals surface area contributed by atoms with E-state index in [2.05, 4.69) is 4.72 Å². The number of rotatable bonds is 4. The first-order valence-electron chi connectivity index (χ1n) is 6.24. The van der Waals surface area contributed by atoms with E-state index in [4.69, 9.17) is 5.11 Å². The molecule has 0 aromatic carbocycles. The third kappa shape index (κ3) is 2.80. The van der Waals surface area contributed by atoms with Crippen molar-refractivity contribution in [3.8, 4) is 0 Å². The van der Waals surface area contributed by atoms with Gasteiger partial charge in [-0.3, -0.25) is 4.79 Å². The van der Waals surface area contributed by atoms with Crippen LogP contribution < -0.4 is 4.72 Å².